The molecule has 0 heterocycles. The topological polar surface area (TPSA) is 18.5 Å². The Morgan fingerprint density at radius 1 is 0.600 bits per heavy atom. The van der Waals surface area contributed by atoms with Crippen molar-refractivity contribution in [3.05, 3.63) is 24.3 Å². The van der Waals surface area contributed by atoms with Crippen LogP contribution in [0.4, 0.5) is 0 Å². The van der Waals surface area contributed by atoms with E-state index in [0.29, 0.717) is 0 Å². The third-order valence-corrected chi connectivity index (χ3v) is 6.82. The van der Waals surface area contributed by atoms with Crippen molar-refractivity contribution in [2.75, 3.05) is 13.2 Å². The monoisotopic (exact) mass is 416 g/mol. The van der Waals surface area contributed by atoms with Crippen molar-refractivity contribution in [2.45, 2.75) is 117 Å². The fourth-order valence-electron chi connectivity index (χ4n) is 4.94. The molecule has 0 saturated heterocycles. The minimum atomic E-state index is 0.827. The van der Waals surface area contributed by atoms with Gasteiger partial charge in [-0.15, -0.1) is 0 Å². The van der Waals surface area contributed by atoms with E-state index in [1.807, 2.05) is 0 Å². The van der Waals surface area contributed by atoms with Crippen LogP contribution in [0.2, 0.25) is 0 Å². The Hall–Kier alpha value is -1.18. The number of ether oxygens (including phenoxy) is 2. The van der Waals surface area contributed by atoms with Crippen LogP contribution in [0, 0.1) is 11.8 Å². The maximum Gasteiger partial charge on any atom is 0.119 e. The van der Waals surface area contributed by atoms with Crippen LogP contribution in [0.5, 0.6) is 11.5 Å². The highest BCUT2D eigenvalue weighted by atomic mass is 16.5. The second-order valence-corrected chi connectivity index (χ2v) is 9.38. The van der Waals surface area contributed by atoms with Crippen LogP contribution in [0.15, 0.2) is 24.3 Å². The van der Waals surface area contributed by atoms with Gasteiger partial charge < -0.3 is 9.47 Å². The summed E-state index contributed by atoms with van der Waals surface area (Å²) in [4.78, 5) is 0. The van der Waals surface area contributed by atoms with Crippen LogP contribution in [0.25, 0.3) is 0 Å². The highest BCUT2D eigenvalue weighted by Gasteiger charge is 2.24. The second-order valence-electron chi connectivity index (χ2n) is 9.38. The largest absolute Gasteiger partial charge is 0.494 e. The van der Waals surface area contributed by atoms with Gasteiger partial charge in [-0.25, -0.2) is 0 Å². The number of hydrogen-bond acceptors (Lipinski definition) is 2. The molecule has 0 radical (unpaired) electrons. The molecule has 2 unspecified atom stereocenters. The first-order valence-electron chi connectivity index (χ1n) is 13.2. The molecule has 2 rings (SSSR count). The van der Waals surface area contributed by atoms with Gasteiger partial charge in [0.25, 0.3) is 0 Å². The molecule has 0 aromatic heterocycles. The van der Waals surface area contributed by atoms with Gasteiger partial charge in [0, 0.05) is 0 Å². The van der Waals surface area contributed by atoms with E-state index in [0.717, 1.165) is 43.0 Å². The summed E-state index contributed by atoms with van der Waals surface area (Å²) in [6.45, 7) is 6.24. The van der Waals surface area contributed by atoms with E-state index in [1.54, 1.807) is 0 Å². The van der Waals surface area contributed by atoms with E-state index in [4.69, 9.17) is 9.47 Å². The molecular formula is C28H48O2. The summed E-state index contributed by atoms with van der Waals surface area (Å²) in [5.41, 5.74) is 0. The van der Waals surface area contributed by atoms with Crippen molar-refractivity contribution in [2.24, 2.45) is 11.8 Å². The molecule has 0 bridgehead atoms. The van der Waals surface area contributed by atoms with Crippen LogP contribution in [0.1, 0.15) is 117 Å². The fourth-order valence-corrected chi connectivity index (χ4v) is 4.94. The molecule has 30 heavy (non-hydrogen) atoms. The van der Waals surface area contributed by atoms with Gasteiger partial charge in [-0.3, -0.25) is 0 Å². The van der Waals surface area contributed by atoms with Crippen LogP contribution < -0.4 is 9.47 Å². The zero-order chi connectivity index (χ0) is 21.3. The Labute approximate surface area is 187 Å². The highest BCUT2D eigenvalue weighted by Crippen LogP contribution is 2.36. The molecule has 2 nitrogen and oxygen atoms in total. The summed E-state index contributed by atoms with van der Waals surface area (Å²) < 4.78 is 11.9. The van der Waals surface area contributed by atoms with Crippen LogP contribution in [-0.2, 0) is 0 Å². The Kier molecular flexibility index (Phi) is 13.8. The standard InChI is InChI=1S/C28H48O2/c1-3-5-7-8-9-13-23-29-27-19-21-28(22-20-27)30-24-14-18-26-17-12-11-16-25(26)15-10-6-4-2/h19-22,25-26H,3-18,23-24H2,1-2H3. The fraction of sp³-hybridized carbons (Fsp3) is 0.786. The van der Waals surface area contributed by atoms with Crippen LogP contribution in [0.3, 0.4) is 0 Å². The predicted molar refractivity (Wildman–Crippen MR) is 130 cm³/mol. The van der Waals surface area contributed by atoms with E-state index in [2.05, 4.69) is 38.1 Å². The van der Waals surface area contributed by atoms with Gasteiger partial charge >= 0.3 is 0 Å². The molecule has 2 atom stereocenters. The van der Waals surface area contributed by atoms with Crippen molar-refractivity contribution in [3.63, 3.8) is 0 Å². The number of rotatable bonds is 17. The zero-order valence-electron chi connectivity index (χ0n) is 20.0. The lowest BCUT2D eigenvalue weighted by molar-refractivity contribution is 0.190. The normalized spacial score (nSPS) is 19.0. The molecule has 1 saturated carbocycles. The third kappa shape index (κ3) is 10.7. The lowest BCUT2D eigenvalue weighted by Gasteiger charge is -2.31. The zero-order valence-corrected chi connectivity index (χ0v) is 20.0. The van der Waals surface area contributed by atoms with E-state index in [9.17, 15) is 0 Å². The highest BCUT2D eigenvalue weighted by molar-refractivity contribution is 5.31. The predicted octanol–water partition coefficient (Wildman–Crippen LogP) is 8.97. The third-order valence-electron chi connectivity index (χ3n) is 6.82. The van der Waals surface area contributed by atoms with Gasteiger partial charge in [-0.1, -0.05) is 97.3 Å². The van der Waals surface area contributed by atoms with Crippen molar-refractivity contribution >= 4 is 0 Å². The Bertz CT molecular complexity index is 510. The molecule has 0 aliphatic heterocycles. The SMILES string of the molecule is CCCCCCCCOc1ccc(OCCCC2CCCCC2CCCCC)cc1. The number of hydrogen-bond donors (Lipinski definition) is 0. The minimum Gasteiger partial charge on any atom is -0.494 e. The first kappa shape index (κ1) is 25.1. The summed E-state index contributed by atoms with van der Waals surface area (Å²) in [6, 6.07) is 8.23. The van der Waals surface area contributed by atoms with Gasteiger partial charge in [-0.05, 0) is 55.4 Å². The van der Waals surface area contributed by atoms with Gasteiger partial charge in [0.05, 0.1) is 13.2 Å². The first-order valence-corrected chi connectivity index (χ1v) is 13.2. The summed E-state index contributed by atoms with van der Waals surface area (Å²) in [6.07, 6.45) is 21.8. The van der Waals surface area contributed by atoms with Crippen LogP contribution >= 0.6 is 0 Å². The van der Waals surface area contributed by atoms with Gasteiger partial charge in [0.15, 0.2) is 0 Å². The summed E-state index contributed by atoms with van der Waals surface area (Å²) in [7, 11) is 0. The maximum atomic E-state index is 6.01. The van der Waals surface area contributed by atoms with Gasteiger partial charge in [-0.2, -0.15) is 0 Å². The summed E-state index contributed by atoms with van der Waals surface area (Å²) in [5.74, 6) is 3.86. The van der Waals surface area contributed by atoms with Crippen molar-refractivity contribution in [1.82, 2.24) is 0 Å². The Balaban J connectivity index is 1.56. The Morgan fingerprint density at radius 2 is 1.07 bits per heavy atom. The molecule has 1 fully saturated rings. The lowest BCUT2D eigenvalue weighted by Crippen LogP contribution is -2.20. The summed E-state index contributed by atoms with van der Waals surface area (Å²) >= 11 is 0. The van der Waals surface area contributed by atoms with Crippen LogP contribution in [-0.4, -0.2) is 13.2 Å². The number of unbranched alkanes of at least 4 members (excludes halogenated alkanes) is 7. The van der Waals surface area contributed by atoms with Gasteiger partial charge in [0.1, 0.15) is 11.5 Å². The Morgan fingerprint density at radius 3 is 1.67 bits per heavy atom. The van der Waals surface area contributed by atoms with Crippen molar-refractivity contribution in [1.29, 1.82) is 0 Å². The molecule has 0 N–H and O–H groups in total. The molecular weight excluding hydrogens is 368 g/mol. The molecule has 1 aromatic rings. The molecule has 172 valence electrons. The smallest absolute Gasteiger partial charge is 0.119 e. The van der Waals surface area contributed by atoms with Crippen molar-refractivity contribution in [3.8, 4) is 11.5 Å². The van der Waals surface area contributed by atoms with Crippen molar-refractivity contribution < 1.29 is 9.47 Å². The molecule has 1 aliphatic rings. The first-order chi connectivity index (χ1) is 14.8. The average Bonchev–Trinajstić information content (AvgIpc) is 2.78. The van der Waals surface area contributed by atoms with E-state index in [1.165, 1.54) is 96.3 Å². The molecule has 0 spiro atoms. The van der Waals surface area contributed by atoms with E-state index in [-0.39, 0.29) is 0 Å². The maximum absolute atomic E-state index is 6.01. The number of benzene rings is 1. The molecule has 2 heteroatoms. The molecule has 1 aromatic carbocycles. The molecule has 1 aliphatic carbocycles. The quantitative estimate of drug-likeness (QED) is 0.236. The minimum absolute atomic E-state index is 0.827. The lowest BCUT2D eigenvalue weighted by atomic mass is 9.74. The average molecular weight is 417 g/mol. The molecule has 0 amide bonds. The van der Waals surface area contributed by atoms with E-state index >= 15 is 0 Å². The van der Waals surface area contributed by atoms with Gasteiger partial charge in [0.2, 0.25) is 0 Å². The second kappa shape index (κ2) is 16.5. The summed E-state index contributed by atoms with van der Waals surface area (Å²) in [5, 5.41) is 0. The van der Waals surface area contributed by atoms with E-state index < -0.39 is 0 Å².